The molecule has 0 spiro atoms. The van der Waals surface area contributed by atoms with Crippen LogP contribution in [0.1, 0.15) is 32.1 Å². The molecule has 1 fully saturated rings. The van der Waals surface area contributed by atoms with Gasteiger partial charge in [0.25, 0.3) is 5.56 Å². The Morgan fingerprint density at radius 2 is 2.10 bits per heavy atom. The van der Waals surface area contributed by atoms with Gasteiger partial charge in [0.05, 0.1) is 25.0 Å². The van der Waals surface area contributed by atoms with E-state index in [4.69, 9.17) is 9.15 Å². The van der Waals surface area contributed by atoms with Crippen LogP contribution >= 0.6 is 0 Å². The molecule has 4 rings (SSSR count). The molecule has 1 aliphatic heterocycles. The molecule has 3 aromatic rings. The number of morpholine rings is 1. The molecule has 0 aliphatic carbocycles. The molecule has 1 aliphatic rings. The second kappa shape index (κ2) is 8.38. The molecule has 0 bridgehead atoms. The van der Waals surface area contributed by atoms with Crippen LogP contribution in [0.2, 0.25) is 0 Å². The average Bonchev–Trinajstić information content (AvgIpc) is 3.34. The fraction of sp³-hybridized carbons (Fsp3) is 0.550. The first-order valence-corrected chi connectivity index (χ1v) is 10.2. The lowest BCUT2D eigenvalue weighted by Crippen LogP contribution is -2.40. The highest BCUT2D eigenvalue weighted by Crippen LogP contribution is 2.21. The summed E-state index contributed by atoms with van der Waals surface area (Å²) in [6.45, 7) is 8.57. The largest absolute Gasteiger partial charge is 0.463 e. The van der Waals surface area contributed by atoms with Crippen LogP contribution in [0.25, 0.3) is 16.6 Å². The minimum atomic E-state index is -0.692. The van der Waals surface area contributed by atoms with Gasteiger partial charge in [0.15, 0.2) is 5.58 Å². The van der Waals surface area contributed by atoms with E-state index in [0.717, 1.165) is 44.8 Å². The van der Waals surface area contributed by atoms with E-state index in [0.29, 0.717) is 29.9 Å². The van der Waals surface area contributed by atoms with Gasteiger partial charge in [-0.15, -0.1) is 0 Å². The Labute approximate surface area is 168 Å². The lowest BCUT2D eigenvalue weighted by molar-refractivity contribution is -0.124. The van der Waals surface area contributed by atoms with Gasteiger partial charge in [0.2, 0.25) is 5.91 Å². The van der Waals surface area contributed by atoms with Crippen molar-refractivity contribution in [3.8, 4) is 0 Å². The number of aromatic nitrogens is 3. The van der Waals surface area contributed by atoms with E-state index >= 15 is 0 Å². The van der Waals surface area contributed by atoms with E-state index in [2.05, 4.69) is 15.3 Å². The van der Waals surface area contributed by atoms with E-state index in [1.807, 2.05) is 17.4 Å². The molecular weight excluding hydrogens is 374 g/mol. The lowest BCUT2D eigenvalue weighted by atomic mass is 10.3. The van der Waals surface area contributed by atoms with E-state index in [1.54, 1.807) is 19.3 Å². The zero-order chi connectivity index (χ0) is 20.4. The van der Waals surface area contributed by atoms with Crippen LogP contribution in [0, 0.1) is 0 Å². The fourth-order valence-corrected chi connectivity index (χ4v) is 3.78. The van der Waals surface area contributed by atoms with Crippen LogP contribution in [0.4, 0.5) is 0 Å². The number of hydrogen-bond donors (Lipinski definition) is 1. The standard InChI is InChI=1S/C20H27N5O4/c1-3-18-22-25(20(27)16-13-17-15(24(16)18)5-10-29-17)14(2)19(26)21-6-4-7-23-8-11-28-12-9-23/h5,10,13-14H,3-4,6-9,11-12H2,1-2H3,(H,21,26). The van der Waals surface area contributed by atoms with Crippen LogP contribution in [0.3, 0.4) is 0 Å². The van der Waals surface area contributed by atoms with Crippen molar-refractivity contribution in [3.63, 3.8) is 0 Å². The molecule has 1 atom stereocenters. The topological polar surface area (TPSA) is 94.0 Å². The van der Waals surface area contributed by atoms with Crippen LogP contribution in [0.15, 0.2) is 27.6 Å². The molecule has 29 heavy (non-hydrogen) atoms. The van der Waals surface area contributed by atoms with Gasteiger partial charge in [-0.3, -0.25) is 18.9 Å². The predicted molar refractivity (Wildman–Crippen MR) is 108 cm³/mol. The number of hydrogen-bond acceptors (Lipinski definition) is 6. The monoisotopic (exact) mass is 401 g/mol. The number of carbonyl (C=O) groups is 1. The van der Waals surface area contributed by atoms with E-state index in [9.17, 15) is 9.59 Å². The van der Waals surface area contributed by atoms with Gasteiger partial charge in [-0.05, 0) is 19.9 Å². The number of fused-ring (bicyclic) bond motifs is 3. The van der Waals surface area contributed by atoms with Gasteiger partial charge >= 0.3 is 0 Å². The molecule has 156 valence electrons. The summed E-state index contributed by atoms with van der Waals surface area (Å²) in [6, 6.07) is 2.84. The van der Waals surface area contributed by atoms with Crippen LogP contribution in [-0.2, 0) is 16.0 Å². The first kappa shape index (κ1) is 19.7. The van der Waals surface area contributed by atoms with Crippen molar-refractivity contribution in [2.45, 2.75) is 32.7 Å². The summed E-state index contributed by atoms with van der Waals surface area (Å²) in [5.74, 6) is 0.506. The molecule has 0 radical (unpaired) electrons. The summed E-state index contributed by atoms with van der Waals surface area (Å²) >= 11 is 0. The zero-order valence-electron chi connectivity index (χ0n) is 16.9. The first-order chi connectivity index (χ1) is 14.1. The minimum absolute atomic E-state index is 0.205. The molecule has 1 unspecified atom stereocenters. The molecule has 1 amide bonds. The third-order valence-electron chi connectivity index (χ3n) is 5.45. The van der Waals surface area contributed by atoms with Crippen molar-refractivity contribution in [3.05, 3.63) is 34.6 Å². The number of nitrogens with zero attached hydrogens (tertiary/aromatic N) is 4. The van der Waals surface area contributed by atoms with Crippen LogP contribution < -0.4 is 10.9 Å². The Bertz CT molecular complexity index is 1060. The first-order valence-electron chi connectivity index (χ1n) is 10.2. The van der Waals surface area contributed by atoms with Gasteiger partial charge in [0.1, 0.15) is 17.4 Å². The zero-order valence-corrected chi connectivity index (χ0v) is 16.9. The highest BCUT2D eigenvalue weighted by molar-refractivity contribution is 5.83. The number of furan rings is 1. The van der Waals surface area contributed by atoms with Gasteiger partial charge in [0, 0.05) is 38.2 Å². The molecule has 9 heteroatoms. The SMILES string of the molecule is CCc1nn(C(C)C(=O)NCCCN2CCOCC2)c(=O)c2cc3occc3n12. The van der Waals surface area contributed by atoms with Gasteiger partial charge in [-0.25, -0.2) is 4.68 Å². The molecule has 3 aromatic heterocycles. The van der Waals surface area contributed by atoms with Crippen molar-refractivity contribution < 1.29 is 13.9 Å². The van der Waals surface area contributed by atoms with Gasteiger partial charge < -0.3 is 14.5 Å². The van der Waals surface area contributed by atoms with Crippen LogP contribution in [-0.4, -0.2) is 64.4 Å². The van der Waals surface area contributed by atoms with E-state index < -0.39 is 6.04 Å². The highest BCUT2D eigenvalue weighted by atomic mass is 16.5. The van der Waals surface area contributed by atoms with Crippen molar-refractivity contribution in [1.29, 1.82) is 0 Å². The Morgan fingerprint density at radius 1 is 1.31 bits per heavy atom. The number of aryl methyl sites for hydroxylation is 1. The van der Waals surface area contributed by atoms with E-state index in [-0.39, 0.29) is 11.5 Å². The summed E-state index contributed by atoms with van der Waals surface area (Å²) < 4.78 is 13.9. The van der Waals surface area contributed by atoms with Gasteiger partial charge in [-0.2, -0.15) is 5.10 Å². The number of amides is 1. The molecule has 1 N–H and O–H groups in total. The Morgan fingerprint density at radius 3 is 2.86 bits per heavy atom. The van der Waals surface area contributed by atoms with Crippen molar-refractivity contribution >= 4 is 22.5 Å². The molecular formula is C20H27N5O4. The molecule has 0 aromatic carbocycles. The molecule has 9 nitrogen and oxygen atoms in total. The maximum Gasteiger partial charge on any atom is 0.291 e. The number of ether oxygens (including phenoxy) is 1. The van der Waals surface area contributed by atoms with Gasteiger partial charge in [-0.1, -0.05) is 6.92 Å². The summed E-state index contributed by atoms with van der Waals surface area (Å²) in [4.78, 5) is 27.9. The minimum Gasteiger partial charge on any atom is -0.463 e. The lowest BCUT2D eigenvalue weighted by Gasteiger charge is -2.26. The number of rotatable bonds is 7. The van der Waals surface area contributed by atoms with E-state index in [1.165, 1.54) is 4.68 Å². The van der Waals surface area contributed by atoms with Crippen molar-refractivity contribution in [1.82, 2.24) is 24.4 Å². The van der Waals surface area contributed by atoms with Crippen molar-refractivity contribution in [2.75, 3.05) is 39.4 Å². The van der Waals surface area contributed by atoms with Crippen LogP contribution in [0.5, 0.6) is 0 Å². The Balaban J connectivity index is 1.47. The predicted octanol–water partition coefficient (Wildman–Crippen LogP) is 1.20. The molecule has 0 saturated carbocycles. The highest BCUT2D eigenvalue weighted by Gasteiger charge is 2.22. The molecule has 1 saturated heterocycles. The maximum absolute atomic E-state index is 13.0. The van der Waals surface area contributed by atoms with Crippen molar-refractivity contribution in [2.24, 2.45) is 0 Å². The summed E-state index contributed by atoms with van der Waals surface area (Å²) in [6.07, 6.45) is 3.07. The number of nitrogens with one attached hydrogen (secondary N) is 1. The molecule has 4 heterocycles. The second-order valence-corrected chi connectivity index (χ2v) is 7.33. The number of carbonyl (C=O) groups excluding carboxylic acids is 1. The maximum atomic E-state index is 13.0. The summed E-state index contributed by atoms with van der Waals surface area (Å²) in [5, 5.41) is 7.42. The Kier molecular flexibility index (Phi) is 5.68. The fourth-order valence-electron chi connectivity index (χ4n) is 3.78. The smallest absolute Gasteiger partial charge is 0.291 e. The normalized spacial score (nSPS) is 16.5. The third-order valence-corrected chi connectivity index (χ3v) is 5.45. The second-order valence-electron chi connectivity index (χ2n) is 7.33. The Hall–Kier alpha value is -2.65. The third kappa shape index (κ3) is 3.79. The summed E-state index contributed by atoms with van der Waals surface area (Å²) in [5.41, 5.74) is 1.62. The quantitative estimate of drug-likeness (QED) is 0.598. The summed E-state index contributed by atoms with van der Waals surface area (Å²) in [7, 11) is 0. The average molecular weight is 401 g/mol.